The van der Waals surface area contributed by atoms with Gasteiger partial charge < -0.3 is 15.5 Å². The standard InChI is InChI=1S/C21H30N6OS.HI/c1-3-22-21(24-10-9-23-20(28)19-17(2)25-16-29-19)27-13-11-26(12-14-27)15-18-7-5-4-6-8-18;/h4-8,16H,3,9-15H2,1-2H3,(H,22,24)(H,23,28);1H. The van der Waals surface area contributed by atoms with Gasteiger partial charge in [0.2, 0.25) is 0 Å². The molecular formula is C21H31IN6OS. The second kappa shape index (κ2) is 12.9. The Kier molecular flexibility index (Phi) is 10.5. The average molecular weight is 542 g/mol. The summed E-state index contributed by atoms with van der Waals surface area (Å²) >= 11 is 1.37. The van der Waals surface area contributed by atoms with E-state index in [1.54, 1.807) is 5.51 Å². The molecule has 3 rings (SSSR count). The van der Waals surface area contributed by atoms with Gasteiger partial charge in [-0.3, -0.25) is 14.7 Å². The van der Waals surface area contributed by atoms with E-state index in [9.17, 15) is 4.79 Å². The van der Waals surface area contributed by atoms with Crippen molar-refractivity contribution < 1.29 is 4.79 Å². The van der Waals surface area contributed by atoms with Crippen molar-refractivity contribution >= 4 is 47.2 Å². The minimum Gasteiger partial charge on any atom is -0.357 e. The number of nitrogens with one attached hydrogen (secondary N) is 2. The van der Waals surface area contributed by atoms with Gasteiger partial charge in [0.05, 0.1) is 17.7 Å². The Hall–Kier alpha value is -1.72. The fraction of sp³-hybridized carbons (Fsp3) is 0.476. The Morgan fingerprint density at radius 2 is 1.90 bits per heavy atom. The monoisotopic (exact) mass is 542 g/mol. The Labute approximate surface area is 200 Å². The summed E-state index contributed by atoms with van der Waals surface area (Å²) in [5.74, 6) is 0.856. The van der Waals surface area contributed by atoms with Gasteiger partial charge in [-0.25, -0.2) is 4.98 Å². The molecule has 2 N–H and O–H groups in total. The van der Waals surface area contributed by atoms with Crippen molar-refractivity contribution in [3.8, 4) is 0 Å². The molecule has 1 amide bonds. The third kappa shape index (κ3) is 7.21. The number of halogens is 1. The Bertz CT molecular complexity index is 805. The first kappa shape index (κ1) is 24.5. The van der Waals surface area contributed by atoms with Crippen LogP contribution < -0.4 is 10.6 Å². The maximum atomic E-state index is 12.2. The van der Waals surface area contributed by atoms with Gasteiger partial charge in [-0.15, -0.1) is 35.3 Å². The molecule has 0 aliphatic carbocycles. The molecule has 0 atom stereocenters. The van der Waals surface area contributed by atoms with Crippen molar-refractivity contribution in [1.82, 2.24) is 25.4 Å². The lowest BCUT2D eigenvalue weighted by Crippen LogP contribution is -2.52. The maximum absolute atomic E-state index is 12.2. The molecule has 2 aromatic rings. The largest absolute Gasteiger partial charge is 0.357 e. The van der Waals surface area contributed by atoms with Gasteiger partial charge in [0.15, 0.2) is 5.96 Å². The number of aliphatic imine (C=N–C) groups is 1. The van der Waals surface area contributed by atoms with E-state index in [-0.39, 0.29) is 29.9 Å². The van der Waals surface area contributed by atoms with E-state index >= 15 is 0 Å². The summed E-state index contributed by atoms with van der Waals surface area (Å²) in [4.78, 5) is 26.5. The van der Waals surface area contributed by atoms with Crippen molar-refractivity contribution in [3.63, 3.8) is 0 Å². The van der Waals surface area contributed by atoms with Gasteiger partial charge in [-0.2, -0.15) is 0 Å². The van der Waals surface area contributed by atoms with Crippen LogP contribution in [0.5, 0.6) is 0 Å². The summed E-state index contributed by atoms with van der Waals surface area (Å²) in [5, 5.41) is 6.31. The molecule has 164 valence electrons. The molecule has 0 unspecified atom stereocenters. The van der Waals surface area contributed by atoms with Gasteiger partial charge in [0, 0.05) is 45.8 Å². The predicted octanol–water partition coefficient (Wildman–Crippen LogP) is 2.58. The molecule has 30 heavy (non-hydrogen) atoms. The van der Waals surface area contributed by atoms with Crippen LogP contribution in [-0.2, 0) is 6.54 Å². The molecule has 0 radical (unpaired) electrons. The van der Waals surface area contributed by atoms with Crippen LogP contribution in [-0.4, -0.2) is 72.5 Å². The van der Waals surface area contributed by atoms with E-state index in [0.29, 0.717) is 18.0 Å². The highest BCUT2D eigenvalue weighted by Crippen LogP contribution is 2.11. The molecule has 0 bridgehead atoms. The van der Waals surface area contributed by atoms with Crippen LogP contribution in [0.4, 0.5) is 0 Å². The van der Waals surface area contributed by atoms with Crippen molar-refractivity contribution in [2.75, 3.05) is 45.8 Å². The zero-order valence-electron chi connectivity index (χ0n) is 17.6. The first-order valence-electron chi connectivity index (χ1n) is 10.1. The number of guanidine groups is 1. The van der Waals surface area contributed by atoms with Gasteiger partial charge in [0.25, 0.3) is 5.91 Å². The molecular weight excluding hydrogens is 511 g/mol. The minimum atomic E-state index is -0.0697. The van der Waals surface area contributed by atoms with Crippen LogP contribution in [0.3, 0.4) is 0 Å². The number of rotatable bonds is 7. The van der Waals surface area contributed by atoms with E-state index in [2.05, 4.69) is 62.7 Å². The highest BCUT2D eigenvalue weighted by molar-refractivity contribution is 14.0. The first-order valence-corrected chi connectivity index (χ1v) is 11.0. The van der Waals surface area contributed by atoms with Crippen molar-refractivity contribution in [2.45, 2.75) is 20.4 Å². The number of aromatic nitrogens is 1. The Balaban J connectivity index is 0.00000320. The lowest BCUT2D eigenvalue weighted by Gasteiger charge is -2.36. The SMILES string of the molecule is CCNC(=NCCNC(=O)c1scnc1C)N1CCN(Cc2ccccc2)CC1.I. The summed E-state index contributed by atoms with van der Waals surface area (Å²) in [5.41, 5.74) is 3.83. The Morgan fingerprint density at radius 1 is 1.17 bits per heavy atom. The summed E-state index contributed by atoms with van der Waals surface area (Å²) in [6.07, 6.45) is 0. The summed E-state index contributed by atoms with van der Waals surface area (Å²) in [7, 11) is 0. The molecule has 0 spiro atoms. The number of thiazole rings is 1. The number of amides is 1. The highest BCUT2D eigenvalue weighted by Gasteiger charge is 2.19. The topological polar surface area (TPSA) is 72.9 Å². The molecule has 2 heterocycles. The smallest absolute Gasteiger partial charge is 0.263 e. The number of hydrogen-bond donors (Lipinski definition) is 2. The van der Waals surface area contributed by atoms with Crippen LogP contribution >= 0.6 is 35.3 Å². The number of hydrogen-bond acceptors (Lipinski definition) is 5. The van der Waals surface area contributed by atoms with E-state index in [4.69, 9.17) is 4.99 Å². The van der Waals surface area contributed by atoms with Crippen molar-refractivity contribution in [3.05, 3.63) is 52.0 Å². The quantitative estimate of drug-likeness (QED) is 0.244. The summed E-state index contributed by atoms with van der Waals surface area (Å²) in [6, 6.07) is 10.6. The van der Waals surface area contributed by atoms with Crippen LogP contribution in [0.15, 0.2) is 40.8 Å². The van der Waals surface area contributed by atoms with Gasteiger partial charge in [-0.05, 0) is 19.4 Å². The lowest BCUT2D eigenvalue weighted by atomic mass is 10.2. The number of carbonyl (C=O) groups is 1. The second-order valence-electron chi connectivity index (χ2n) is 7.01. The predicted molar refractivity (Wildman–Crippen MR) is 134 cm³/mol. The van der Waals surface area contributed by atoms with E-state index in [1.165, 1.54) is 16.9 Å². The molecule has 1 fully saturated rings. The number of carbonyl (C=O) groups excluding carboxylic acids is 1. The molecule has 1 aliphatic rings. The van der Waals surface area contributed by atoms with Crippen LogP contribution in [0.2, 0.25) is 0 Å². The second-order valence-corrected chi connectivity index (χ2v) is 7.86. The fourth-order valence-electron chi connectivity index (χ4n) is 3.32. The van der Waals surface area contributed by atoms with Crippen molar-refractivity contribution in [1.29, 1.82) is 0 Å². The van der Waals surface area contributed by atoms with E-state index < -0.39 is 0 Å². The number of piperazine rings is 1. The van der Waals surface area contributed by atoms with Crippen LogP contribution in [0, 0.1) is 6.92 Å². The van der Waals surface area contributed by atoms with E-state index in [1.807, 2.05) is 6.92 Å². The molecule has 1 aromatic heterocycles. The third-order valence-corrected chi connectivity index (χ3v) is 5.79. The van der Waals surface area contributed by atoms with Gasteiger partial charge >= 0.3 is 0 Å². The van der Waals surface area contributed by atoms with E-state index in [0.717, 1.165) is 50.9 Å². The molecule has 0 saturated carbocycles. The van der Waals surface area contributed by atoms with Gasteiger partial charge in [0.1, 0.15) is 4.88 Å². The molecule has 9 heteroatoms. The molecule has 1 aliphatic heterocycles. The Morgan fingerprint density at radius 3 is 2.53 bits per heavy atom. The zero-order chi connectivity index (χ0) is 20.5. The number of benzene rings is 1. The third-order valence-electron chi connectivity index (χ3n) is 4.87. The fourth-order valence-corrected chi connectivity index (χ4v) is 4.04. The molecule has 1 aromatic carbocycles. The zero-order valence-corrected chi connectivity index (χ0v) is 20.8. The van der Waals surface area contributed by atoms with Crippen LogP contribution in [0.25, 0.3) is 0 Å². The lowest BCUT2D eigenvalue weighted by molar-refractivity contribution is 0.0958. The van der Waals surface area contributed by atoms with Crippen LogP contribution in [0.1, 0.15) is 27.9 Å². The normalized spacial score (nSPS) is 14.9. The van der Waals surface area contributed by atoms with Gasteiger partial charge in [-0.1, -0.05) is 30.3 Å². The summed E-state index contributed by atoms with van der Waals surface area (Å²) in [6.45, 7) is 10.7. The van der Waals surface area contributed by atoms with Crippen molar-refractivity contribution in [2.24, 2.45) is 4.99 Å². The maximum Gasteiger partial charge on any atom is 0.263 e. The number of aryl methyl sites for hydroxylation is 1. The minimum absolute atomic E-state index is 0. The molecule has 7 nitrogen and oxygen atoms in total. The average Bonchev–Trinajstić information content (AvgIpc) is 3.17. The number of nitrogens with zero attached hydrogens (tertiary/aromatic N) is 4. The first-order chi connectivity index (χ1) is 14.2. The summed E-state index contributed by atoms with van der Waals surface area (Å²) < 4.78 is 0. The highest BCUT2D eigenvalue weighted by atomic mass is 127. The molecule has 1 saturated heterocycles.